The lowest BCUT2D eigenvalue weighted by Crippen LogP contribution is -2.22. The van der Waals surface area contributed by atoms with Gasteiger partial charge >= 0.3 is 5.97 Å². The lowest BCUT2D eigenvalue weighted by molar-refractivity contribution is -0.145. The Bertz CT molecular complexity index is 910. The highest BCUT2D eigenvalue weighted by Crippen LogP contribution is 2.28. The highest BCUT2D eigenvalue weighted by atomic mass is 35.5. The van der Waals surface area contributed by atoms with E-state index in [1.165, 1.54) is 22.8 Å². The summed E-state index contributed by atoms with van der Waals surface area (Å²) in [7, 11) is 0. The molecule has 0 saturated carbocycles. The van der Waals surface area contributed by atoms with Gasteiger partial charge in [-0.2, -0.15) is 9.50 Å². The van der Waals surface area contributed by atoms with Gasteiger partial charge in [-0.05, 0) is 31.5 Å². The van der Waals surface area contributed by atoms with E-state index in [0.717, 1.165) is 0 Å². The Morgan fingerprint density at radius 3 is 2.96 bits per heavy atom. The van der Waals surface area contributed by atoms with Crippen LogP contribution in [0.15, 0.2) is 30.5 Å². The van der Waals surface area contributed by atoms with Crippen molar-refractivity contribution in [1.29, 1.82) is 0 Å². The molecule has 3 rings (SSSR count). The number of rotatable bonds is 5. The molecule has 7 nitrogen and oxygen atoms in total. The fraction of sp³-hybridized carbons (Fsp3) is 0.250. The maximum atomic E-state index is 14.2. The molecule has 0 aliphatic rings. The van der Waals surface area contributed by atoms with Gasteiger partial charge in [0.2, 0.25) is 5.95 Å². The molecule has 25 heavy (non-hydrogen) atoms. The lowest BCUT2D eigenvalue weighted by Gasteiger charge is -2.17. The topological polar surface area (TPSA) is 95.4 Å². The van der Waals surface area contributed by atoms with Crippen molar-refractivity contribution >= 4 is 29.3 Å². The minimum absolute atomic E-state index is 0.00319. The number of nitrogens with two attached hydrogens (primary N) is 1. The summed E-state index contributed by atoms with van der Waals surface area (Å²) in [6.45, 7) is 1.88. The first-order valence-electron chi connectivity index (χ1n) is 7.58. The van der Waals surface area contributed by atoms with E-state index in [4.69, 9.17) is 22.1 Å². The number of hydrogen-bond donors (Lipinski definition) is 1. The maximum absolute atomic E-state index is 14.2. The number of nitrogen functional groups attached to an aromatic ring is 1. The van der Waals surface area contributed by atoms with Crippen molar-refractivity contribution in [1.82, 2.24) is 19.6 Å². The molecule has 2 N–H and O–H groups in total. The predicted molar refractivity (Wildman–Crippen MR) is 89.7 cm³/mol. The number of benzene rings is 1. The normalized spacial score (nSPS) is 12.3. The van der Waals surface area contributed by atoms with Crippen molar-refractivity contribution in [2.75, 3.05) is 12.3 Å². The van der Waals surface area contributed by atoms with Gasteiger partial charge in [0.05, 0.1) is 12.3 Å². The average molecular weight is 364 g/mol. The Balaban J connectivity index is 2.10. The maximum Gasteiger partial charge on any atom is 0.315 e. The van der Waals surface area contributed by atoms with Crippen LogP contribution < -0.4 is 5.73 Å². The van der Waals surface area contributed by atoms with Gasteiger partial charge in [-0.1, -0.05) is 17.7 Å². The Hall–Kier alpha value is -2.74. The number of nitrogens with zero attached hydrogens (tertiary/aromatic N) is 4. The van der Waals surface area contributed by atoms with E-state index in [0.29, 0.717) is 5.69 Å². The van der Waals surface area contributed by atoms with Crippen LogP contribution in [0.1, 0.15) is 24.1 Å². The third-order valence-electron chi connectivity index (χ3n) is 3.68. The molecular formula is C16H15ClFN5O2. The molecule has 0 radical (unpaired) electrons. The third-order valence-corrected chi connectivity index (χ3v) is 4.04. The fourth-order valence-electron chi connectivity index (χ4n) is 2.57. The quantitative estimate of drug-likeness (QED) is 0.699. The first-order valence-corrected chi connectivity index (χ1v) is 7.95. The molecule has 130 valence electrons. The van der Waals surface area contributed by atoms with Crippen LogP contribution >= 0.6 is 11.6 Å². The van der Waals surface area contributed by atoms with Crippen molar-refractivity contribution in [3.63, 3.8) is 0 Å². The molecule has 3 aromatic rings. The SMILES string of the molecule is CCOC(=O)[C@H](Cc1c(F)cccc1Cl)c1ccnc2nc(N)nn12. The van der Waals surface area contributed by atoms with Gasteiger partial charge < -0.3 is 10.5 Å². The highest BCUT2D eigenvalue weighted by molar-refractivity contribution is 6.31. The smallest absolute Gasteiger partial charge is 0.315 e. The van der Waals surface area contributed by atoms with Crippen LogP contribution in [-0.4, -0.2) is 32.2 Å². The highest BCUT2D eigenvalue weighted by Gasteiger charge is 2.28. The van der Waals surface area contributed by atoms with E-state index >= 15 is 0 Å². The van der Waals surface area contributed by atoms with Gasteiger partial charge in [-0.3, -0.25) is 4.79 Å². The summed E-state index contributed by atoms with van der Waals surface area (Å²) in [5.74, 6) is -1.61. The third kappa shape index (κ3) is 3.39. The van der Waals surface area contributed by atoms with Gasteiger partial charge in [-0.25, -0.2) is 9.37 Å². The molecule has 0 unspecified atom stereocenters. The zero-order valence-electron chi connectivity index (χ0n) is 13.3. The molecule has 0 aliphatic carbocycles. The number of fused-ring (bicyclic) bond motifs is 1. The van der Waals surface area contributed by atoms with Crippen LogP contribution in [0, 0.1) is 5.82 Å². The number of esters is 1. The van der Waals surface area contributed by atoms with E-state index in [1.54, 1.807) is 19.1 Å². The standard InChI is InChI=1S/C16H15ClFN5O2/c1-2-25-14(24)10(8-9-11(17)4-3-5-12(9)18)13-6-7-20-16-21-15(19)22-23(13)16/h3-7,10H,2,8H2,1H3,(H2,19,22)/t10-/m1/s1. The number of hydrogen-bond acceptors (Lipinski definition) is 6. The molecule has 0 fully saturated rings. The second kappa shape index (κ2) is 7.02. The van der Waals surface area contributed by atoms with E-state index in [1.807, 2.05) is 0 Å². The van der Waals surface area contributed by atoms with Gasteiger partial charge in [-0.15, -0.1) is 5.10 Å². The number of anilines is 1. The minimum Gasteiger partial charge on any atom is -0.465 e. The van der Waals surface area contributed by atoms with Gasteiger partial charge in [0.15, 0.2) is 0 Å². The van der Waals surface area contributed by atoms with Crippen LogP contribution in [0.3, 0.4) is 0 Å². The van der Waals surface area contributed by atoms with Crippen molar-refractivity contribution < 1.29 is 13.9 Å². The van der Waals surface area contributed by atoms with Crippen molar-refractivity contribution in [2.45, 2.75) is 19.3 Å². The van der Waals surface area contributed by atoms with Crippen molar-refractivity contribution in [3.8, 4) is 0 Å². The van der Waals surface area contributed by atoms with Gasteiger partial charge in [0.25, 0.3) is 5.78 Å². The fourth-order valence-corrected chi connectivity index (χ4v) is 2.81. The Kier molecular flexibility index (Phi) is 4.80. The molecular weight excluding hydrogens is 349 g/mol. The van der Waals surface area contributed by atoms with Crippen LogP contribution in [-0.2, 0) is 16.0 Å². The summed E-state index contributed by atoms with van der Waals surface area (Å²) in [5, 5.41) is 4.28. The number of carbonyl (C=O) groups is 1. The number of ether oxygens (including phenoxy) is 1. The predicted octanol–water partition coefficient (Wildman–Crippen LogP) is 2.39. The average Bonchev–Trinajstić information content (AvgIpc) is 2.95. The Morgan fingerprint density at radius 1 is 1.44 bits per heavy atom. The second-order valence-corrected chi connectivity index (χ2v) is 5.67. The van der Waals surface area contributed by atoms with Crippen LogP contribution in [0.25, 0.3) is 5.78 Å². The lowest BCUT2D eigenvalue weighted by atomic mass is 9.95. The molecule has 2 heterocycles. The van der Waals surface area contributed by atoms with E-state index in [2.05, 4.69) is 15.1 Å². The summed E-state index contributed by atoms with van der Waals surface area (Å²) in [6, 6.07) is 5.96. The first-order chi connectivity index (χ1) is 12.0. The van der Waals surface area contributed by atoms with Crippen LogP contribution in [0.4, 0.5) is 10.3 Å². The van der Waals surface area contributed by atoms with E-state index in [-0.39, 0.29) is 35.3 Å². The largest absolute Gasteiger partial charge is 0.465 e. The molecule has 0 bridgehead atoms. The first kappa shape index (κ1) is 17.1. The summed E-state index contributed by atoms with van der Waals surface area (Å²) in [4.78, 5) is 20.5. The molecule has 0 amide bonds. The summed E-state index contributed by atoms with van der Waals surface area (Å²) in [5.41, 5.74) is 6.27. The van der Waals surface area contributed by atoms with Crippen molar-refractivity contribution in [3.05, 3.63) is 52.6 Å². The zero-order chi connectivity index (χ0) is 18.0. The molecule has 0 aliphatic heterocycles. The number of carbonyl (C=O) groups excluding carboxylic acids is 1. The van der Waals surface area contributed by atoms with Gasteiger partial charge in [0, 0.05) is 16.8 Å². The molecule has 1 aromatic carbocycles. The monoisotopic (exact) mass is 363 g/mol. The molecule has 9 heteroatoms. The molecule has 0 spiro atoms. The summed E-state index contributed by atoms with van der Waals surface area (Å²) < 4.78 is 20.7. The zero-order valence-corrected chi connectivity index (χ0v) is 14.1. The summed E-state index contributed by atoms with van der Waals surface area (Å²) >= 11 is 6.11. The van der Waals surface area contributed by atoms with Crippen LogP contribution in [0.5, 0.6) is 0 Å². The van der Waals surface area contributed by atoms with Crippen LogP contribution in [0.2, 0.25) is 5.02 Å². The Morgan fingerprint density at radius 2 is 2.24 bits per heavy atom. The molecule has 2 aromatic heterocycles. The van der Waals surface area contributed by atoms with E-state index in [9.17, 15) is 9.18 Å². The molecule has 0 saturated heterocycles. The summed E-state index contributed by atoms with van der Waals surface area (Å²) in [6.07, 6.45) is 1.48. The van der Waals surface area contributed by atoms with Crippen molar-refractivity contribution in [2.24, 2.45) is 0 Å². The number of aromatic nitrogens is 4. The Labute approximate surface area is 147 Å². The number of halogens is 2. The van der Waals surface area contributed by atoms with E-state index < -0.39 is 17.7 Å². The van der Waals surface area contributed by atoms with Gasteiger partial charge in [0.1, 0.15) is 11.7 Å². The minimum atomic E-state index is -0.846. The molecule has 1 atom stereocenters. The second-order valence-electron chi connectivity index (χ2n) is 5.26.